The average Bonchev–Trinajstić information content (AvgIpc) is 2.31. The average molecular weight is 243 g/mol. The van der Waals surface area contributed by atoms with Gasteiger partial charge in [0.25, 0.3) is 5.91 Å². The minimum Gasteiger partial charge on any atom is -0.364 e. The maximum Gasteiger partial charge on any atom is 0.321 e. The topological polar surface area (TPSA) is 79.5 Å². The van der Waals surface area contributed by atoms with Crippen molar-refractivity contribution in [2.24, 2.45) is 0 Å². The summed E-state index contributed by atoms with van der Waals surface area (Å²) in [6.45, 7) is 4.52. The standard InChI is InChI=1S/C11H21N3O3/c1-7-4-5-9(6-13-7)17-8(2)10(15)14-11(16)12-3/h7-9,13H,4-6H2,1-3H3,(H2,12,14,15,16). The van der Waals surface area contributed by atoms with Crippen molar-refractivity contribution in [1.29, 1.82) is 0 Å². The Labute approximate surface area is 101 Å². The molecule has 6 heteroatoms. The van der Waals surface area contributed by atoms with Crippen molar-refractivity contribution in [1.82, 2.24) is 16.0 Å². The van der Waals surface area contributed by atoms with Crippen molar-refractivity contribution in [2.75, 3.05) is 13.6 Å². The Kier molecular flexibility index (Phi) is 5.37. The maximum atomic E-state index is 11.5. The van der Waals surface area contributed by atoms with Gasteiger partial charge in [0.2, 0.25) is 0 Å². The summed E-state index contributed by atoms with van der Waals surface area (Å²) >= 11 is 0. The lowest BCUT2D eigenvalue weighted by molar-refractivity contribution is -0.134. The maximum absolute atomic E-state index is 11.5. The number of urea groups is 1. The van der Waals surface area contributed by atoms with Gasteiger partial charge < -0.3 is 15.4 Å². The molecule has 1 aliphatic heterocycles. The molecule has 3 amide bonds. The van der Waals surface area contributed by atoms with Gasteiger partial charge in [-0.3, -0.25) is 10.1 Å². The normalized spacial score (nSPS) is 26.1. The monoisotopic (exact) mass is 243 g/mol. The summed E-state index contributed by atoms with van der Waals surface area (Å²) in [6, 6.07) is -0.00862. The predicted octanol–water partition coefficient (Wildman–Crippen LogP) is -0.0124. The minimum atomic E-state index is -0.618. The molecule has 3 unspecified atom stereocenters. The summed E-state index contributed by atoms with van der Waals surface area (Å²) in [6.07, 6.45) is 1.39. The largest absolute Gasteiger partial charge is 0.364 e. The lowest BCUT2D eigenvalue weighted by Gasteiger charge is -2.29. The third kappa shape index (κ3) is 4.70. The highest BCUT2D eigenvalue weighted by Gasteiger charge is 2.23. The first-order valence-corrected chi connectivity index (χ1v) is 5.94. The van der Waals surface area contributed by atoms with Crippen LogP contribution in [0.4, 0.5) is 4.79 Å². The van der Waals surface area contributed by atoms with E-state index in [1.165, 1.54) is 7.05 Å². The number of imide groups is 1. The molecule has 1 heterocycles. The minimum absolute atomic E-state index is 0.0386. The first kappa shape index (κ1) is 13.9. The van der Waals surface area contributed by atoms with E-state index in [0.29, 0.717) is 6.04 Å². The zero-order valence-electron chi connectivity index (χ0n) is 10.6. The summed E-state index contributed by atoms with van der Waals surface area (Å²) in [5.41, 5.74) is 0. The van der Waals surface area contributed by atoms with E-state index in [1.54, 1.807) is 6.92 Å². The van der Waals surface area contributed by atoms with Gasteiger partial charge in [-0.25, -0.2) is 4.79 Å². The van der Waals surface area contributed by atoms with Crippen LogP contribution in [0.5, 0.6) is 0 Å². The summed E-state index contributed by atoms with van der Waals surface area (Å²) in [7, 11) is 1.46. The second-order valence-corrected chi connectivity index (χ2v) is 4.36. The Balaban J connectivity index is 2.30. The van der Waals surface area contributed by atoms with Crippen LogP contribution in [0, 0.1) is 0 Å². The van der Waals surface area contributed by atoms with E-state index in [-0.39, 0.29) is 6.10 Å². The number of nitrogens with one attached hydrogen (secondary N) is 3. The van der Waals surface area contributed by atoms with Crippen LogP contribution < -0.4 is 16.0 Å². The number of ether oxygens (including phenoxy) is 1. The lowest BCUT2D eigenvalue weighted by atomic mass is 10.0. The summed E-state index contributed by atoms with van der Waals surface area (Å²) in [4.78, 5) is 22.5. The van der Waals surface area contributed by atoms with Gasteiger partial charge in [0.05, 0.1) is 6.10 Å². The second-order valence-electron chi connectivity index (χ2n) is 4.36. The highest BCUT2D eigenvalue weighted by Crippen LogP contribution is 2.12. The molecule has 3 N–H and O–H groups in total. The van der Waals surface area contributed by atoms with Crippen molar-refractivity contribution < 1.29 is 14.3 Å². The highest BCUT2D eigenvalue weighted by molar-refractivity contribution is 5.96. The van der Waals surface area contributed by atoms with Crippen LogP contribution in [0.25, 0.3) is 0 Å². The number of hydrogen-bond acceptors (Lipinski definition) is 4. The van der Waals surface area contributed by atoms with Crippen LogP contribution in [-0.4, -0.2) is 43.8 Å². The Hall–Kier alpha value is -1.14. The van der Waals surface area contributed by atoms with Gasteiger partial charge in [-0.15, -0.1) is 0 Å². The third-order valence-electron chi connectivity index (χ3n) is 2.85. The van der Waals surface area contributed by atoms with E-state index in [4.69, 9.17) is 4.74 Å². The Morgan fingerprint density at radius 1 is 1.41 bits per heavy atom. The lowest BCUT2D eigenvalue weighted by Crippen LogP contribution is -2.47. The predicted molar refractivity (Wildman–Crippen MR) is 63.6 cm³/mol. The third-order valence-corrected chi connectivity index (χ3v) is 2.85. The number of hydrogen-bond donors (Lipinski definition) is 3. The Morgan fingerprint density at radius 2 is 2.12 bits per heavy atom. The number of carbonyl (C=O) groups excluding carboxylic acids is 2. The van der Waals surface area contributed by atoms with Crippen molar-refractivity contribution in [3.8, 4) is 0 Å². The second kappa shape index (κ2) is 6.56. The highest BCUT2D eigenvalue weighted by atomic mass is 16.5. The van der Waals surface area contributed by atoms with Crippen LogP contribution >= 0.6 is 0 Å². The molecule has 0 aromatic rings. The molecule has 1 rings (SSSR count). The van der Waals surface area contributed by atoms with Gasteiger partial charge in [0.1, 0.15) is 6.10 Å². The molecule has 0 radical (unpaired) electrons. The number of piperidine rings is 1. The number of rotatable bonds is 3. The molecule has 0 bridgehead atoms. The zero-order valence-corrected chi connectivity index (χ0v) is 10.6. The van der Waals surface area contributed by atoms with Gasteiger partial charge >= 0.3 is 6.03 Å². The van der Waals surface area contributed by atoms with E-state index in [2.05, 4.69) is 22.9 Å². The smallest absolute Gasteiger partial charge is 0.321 e. The summed E-state index contributed by atoms with van der Waals surface area (Å²) in [5.74, 6) is -0.414. The molecule has 0 aromatic heterocycles. The van der Waals surface area contributed by atoms with Crippen molar-refractivity contribution in [2.45, 2.75) is 44.9 Å². The van der Waals surface area contributed by atoms with E-state index < -0.39 is 18.0 Å². The van der Waals surface area contributed by atoms with Crippen molar-refractivity contribution >= 4 is 11.9 Å². The first-order valence-electron chi connectivity index (χ1n) is 5.94. The quantitative estimate of drug-likeness (QED) is 0.651. The molecule has 1 fully saturated rings. The van der Waals surface area contributed by atoms with Crippen LogP contribution in [0.1, 0.15) is 26.7 Å². The fourth-order valence-electron chi connectivity index (χ4n) is 1.72. The molecular formula is C11H21N3O3. The van der Waals surface area contributed by atoms with Gasteiger partial charge in [0, 0.05) is 19.6 Å². The van der Waals surface area contributed by atoms with Gasteiger partial charge in [-0.05, 0) is 26.7 Å². The van der Waals surface area contributed by atoms with Gasteiger partial charge in [-0.1, -0.05) is 0 Å². The summed E-state index contributed by atoms with van der Waals surface area (Å²) in [5, 5.41) is 7.81. The van der Waals surface area contributed by atoms with E-state index in [9.17, 15) is 9.59 Å². The molecule has 1 saturated heterocycles. The molecule has 6 nitrogen and oxygen atoms in total. The molecule has 0 aromatic carbocycles. The molecule has 0 aliphatic carbocycles. The molecule has 0 saturated carbocycles. The van der Waals surface area contributed by atoms with Crippen LogP contribution in [0.2, 0.25) is 0 Å². The number of amides is 3. The van der Waals surface area contributed by atoms with E-state index in [0.717, 1.165) is 19.4 Å². The molecule has 0 spiro atoms. The molecule has 98 valence electrons. The Morgan fingerprint density at radius 3 is 2.65 bits per heavy atom. The molecular weight excluding hydrogens is 222 g/mol. The number of carbonyl (C=O) groups is 2. The zero-order chi connectivity index (χ0) is 12.8. The van der Waals surface area contributed by atoms with Crippen LogP contribution in [0.15, 0.2) is 0 Å². The summed E-state index contributed by atoms with van der Waals surface area (Å²) < 4.78 is 5.59. The van der Waals surface area contributed by atoms with Gasteiger partial charge in [0.15, 0.2) is 0 Å². The van der Waals surface area contributed by atoms with Crippen LogP contribution in [0.3, 0.4) is 0 Å². The van der Waals surface area contributed by atoms with Crippen LogP contribution in [-0.2, 0) is 9.53 Å². The fourth-order valence-corrected chi connectivity index (χ4v) is 1.72. The Bertz CT molecular complexity index is 275. The van der Waals surface area contributed by atoms with Crippen molar-refractivity contribution in [3.05, 3.63) is 0 Å². The van der Waals surface area contributed by atoms with Crippen molar-refractivity contribution in [3.63, 3.8) is 0 Å². The van der Waals surface area contributed by atoms with E-state index >= 15 is 0 Å². The SMILES string of the molecule is CNC(=O)NC(=O)C(C)OC1CCC(C)NC1. The van der Waals surface area contributed by atoms with E-state index in [1.807, 2.05) is 0 Å². The molecule has 1 aliphatic rings. The molecule has 3 atom stereocenters. The van der Waals surface area contributed by atoms with Gasteiger partial charge in [-0.2, -0.15) is 0 Å². The first-order chi connectivity index (χ1) is 8.02. The fraction of sp³-hybridized carbons (Fsp3) is 0.818. The molecule has 17 heavy (non-hydrogen) atoms.